The van der Waals surface area contributed by atoms with E-state index in [2.05, 4.69) is 34.9 Å². The minimum absolute atomic E-state index is 0.0281. The second kappa shape index (κ2) is 13.0. The molecule has 3 rings (SSSR count). The first-order valence-electron chi connectivity index (χ1n) is 13.6. The van der Waals surface area contributed by atoms with Crippen molar-refractivity contribution in [2.45, 2.75) is 78.4 Å². The molecule has 9 nitrogen and oxygen atoms in total. The third-order valence-electron chi connectivity index (χ3n) is 6.31. The number of amides is 2. The maximum Gasteiger partial charge on any atom is 0.408 e. The lowest BCUT2D eigenvalue weighted by Gasteiger charge is -2.23. The molecule has 0 aliphatic heterocycles. The highest BCUT2D eigenvalue weighted by Gasteiger charge is 2.32. The fourth-order valence-corrected chi connectivity index (χ4v) is 4.33. The van der Waals surface area contributed by atoms with Crippen LogP contribution in [-0.2, 0) is 23.8 Å². The Kier molecular flexibility index (Phi) is 9.95. The summed E-state index contributed by atoms with van der Waals surface area (Å²) in [5.41, 5.74) is 2.95. The van der Waals surface area contributed by atoms with Gasteiger partial charge in [0.2, 0.25) is 0 Å². The van der Waals surface area contributed by atoms with Gasteiger partial charge in [-0.1, -0.05) is 48.5 Å². The molecule has 40 heavy (non-hydrogen) atoms. The molecule has 9 heteroatoms. The molecular weight excluding hydrogens is 512 g/mol. The number of hydrogen-bond acceptors (Lipinski definition) is 7. The van der Waals surface area contributed by atoms with Gasteiger partial charge in [0, 0.05) is 12.5 Å². The zero-order chi connectivity index (χ0) is 29.5. The van der Waals surface area contributed by atoms with Crippen LogP contribution in [0, 0.1) is 5.41 Å². The highest BCUT2D eigenvalue weighted by molar-refractivity contribution is 5.92. The second-order valence-corrected chi connectivity index (χ2v) is 11.9. The van der Waals surface area contributed by atoms with Gasteiger partial charge in [0.25, 0.3) is 0 Å². The van der Waals surface area contributed by atoms with Crippen LogP contribution in [0.25, 0.3) is 11.1 Å². The summed E-state index contributed by atoms with van der Waals surface area (Å²) in [6.45, 7) is 10.5. The van der Waals surface area contributed by atoms with Crippen molar-refractivity contribution in [3.8, 4) is 11.1 Å². The van der Waals surface area contributed by atoms with Crippen LogP contribution < -0.4 is 10.6 Å². The van der Waals surface area contributed by atoms with E-state index in [1.807, 2.05) is 24.3 Å². The molecule has 0 aromatic heterocycles. The summed E-state index contributed by atoms with van der Waals surface area (Å²) in [4.78, 5) is 49.5. The number of carbonyl (C=O) groups excluding carboxylic acids is 4. The first-order chi connectivity index (χ1) is 18.8. The zero-order valence-corrected chi connectivity index (χ0v) is 24.2. The van der Waals surface area contributed by atoms with Crippen LogP contribution >= 0.6 is 0 Å². The lowest BCUT2D eigenvalue weighted by Crippen LogP contribution is -2.45. The molecule has 1 aliphatic rings. The molecule has 1 unspecified atom stereocenters. The Morgan fingerprint density at radius 3 is 1.95 bits per heavy atom. The van der Waals surface area contributed by atoms with Crippen LogP contribution in [0.5, 0.6) is 0 Å². The second-order valence-electron chi connectivity index (χ2n) is 11.9. The largest absolute Gasteiger partial charge is 0.449 e. The molecule has 0 bridgehead atoms. The van der Waals surface area contributed by atoms with Gasteiger partial charge in [-0.15, -0.1) is 0 Å². The molecule has 2 aromatic carbocycles. The summed E-state index contributed by atoms with van der Waals surface area (Å²) in [7, 11) is 0. The summed E-state index contributed by atoms with van der Waals surface area (Å²) in [5.74, 6) is -1.57. The summed E-state index contributed by atoms with van der Waals surface area (Å²) in [6.07, 6.45) is -0.142. The van der Waals surface area contributed by atoms with Crippen molar-refractivity contribution < 1.29 is 33.4 Å². The van der Waals surface area contributed by atoms with Gasteiger partial charge in [0.05, 0.1) is 5.41 Å². The first kappa shape index (κ1) is 30.7. The topological polar surface area (TPSA) is 120 Å². The number of carbonyl (C=O) groups is 4. The third-order valence-corrected chi connectivity index (χ3v) is 6.31. The Labute approximate surface area is 236 Å². The summed E-state index contributed by atoms with van der Waals surface area (Å²) in [6, 6.07) is 15.2. The Hall–Kier alpha value is -3.88. The fraction of sp³-hybridized carbons (Fsp3) is 0.484. The van der Waals surface area contributed by atoms with Crippen molar-refractivity contribution in [1.82, 2.24) is 10.6 Å². The molecule has 2 amide bonds. The molecule has 1 aliphatic carbocycles. The molecule has 2 N–H and O–H groups in total. The minimum atomic E-state index is -1.07. The van der Waals surface area contributed by atoms with Gasteiger partial charge in [0.1, 0.15) is 18.2 Å². The summed E-state index contributed by atoms with van der Waals surface area (Å²) < 4.78 is 15.8. The van der Waals surface area contributed by atoms with E-state index in [-0.39, 0.29) is 18.9 Å². The molecule has 0 spiro atoms. The molecular formula is C31H40N2O7. The van der Waals surface area contributed by atoms with E-state index in [1.54, 1.807) is 41.5 Å². The lowest BCUT2D eigenvalue weighted by molar-refractivity contribution is -0.167. The molecule has 0 saturated heterocycles. The van der Waals surface area contributed by atoms with E-state index in [1.165, 1.54) is 0 Å². The van der Waals surface area contributed by atoms with Gasteiger partial charge in [0.15, 0.2) is 0 Å². The van der Waals surface area contributed by atoms with Gasteiger partial charge < -0.3 is 24.8 Å². The monoisotopic (exact) mass is 552 g/mol. The number of benzene rings is 2. The zero-order valence-electron chi connectivity index (χ0n) is 24.2. The number of unbranched alkanes of at least 4 members (excludes halogenated alkanes) is 1. The van der Waals surface area contributed by atoms with E-state index in [0.717, 1.165) is 22.3 Å². The van der Waals surface area contributed by atoms with Crippen molar-refractivity contribution >= 4 is 24.1 Å². The normalized spacial score (nSPS) is 13.4. The Morgan fingerprint density at radius 1 is 0.825 bits per heavy atom. The Balaban J connectivity index is 1.47. The minimum Gasteiger partial charge on any atom is -0.449 e. The smallest absolute Gasteiger partial charge is 0.408 e. The Morgan fingerprint density at radius 2 is 1.40 bits per heavy atom. The molecule has 2 aromatic rings. The van der Waals surface area contributed by atoms with Crippen LogP contribution in [0.1, 0.15) is 77.8 Å². The average Bonchev–Trinajstić information content (AvgIpc) is 3.18. The fourth-order valence-electron chi connectivity index (χ4n) is 4.33. The van der Waals surface area contributed by atoms with Gasteiger partial charge in [-0.05, 0) is 83.1 Å². The number of nitrogens with one attached hydrogen (secondary N) is 2. The number of rotatable bonds is 9. The molecule has 1 atom stereocenters. The van der Waals surface area contributed by atoms with Gasteiger partial charge in [-0.3, -0.25) is 4.79 Å². The number of fused-ring (bicyclic) bond motifs is 3. The van der Waals surface area contributed by atoms with E-state index < -0.39 is 41.2 Å². The molecule has 0 saturated carbocycles. The maximum atomic E-state index is 12.7. The standard InChI is InChI=1S/C31H40N2O7/c1-30(2,3)27(35)39-26(34)25(33-29(37)40-31(4,5)6)17-11-12-18-32-28(36)38-19-24-22-15-9-7-13-20(22)21-14-8-10-16-23(21)24/h7-10,13-16,24-25H,11-12,17-19H2,1-6H3,(H,32,36)(H,33,37). The van der Waals surface area contributed by atoms with E-state index >= 15 is 0 Å². The van der Waals surface area contributed by atoms with Crippen LogP contribution in [0.2, 0.25) is 0 Å². The number of ether oxygens (including phenoxy) is 3. The number of alkyl carbamates (subject to hydrolysis) is 2. The highest BCUT2D eigenvalue weighted by atomic mass is 16.6. The summed E-state index contributed by atoms with van der Waals surface area (Å²) >= 11 is 0. The average molecular weight is 553 g/mol. The van der Waals surface area contributed by atoms with E-state index in [9.17, 15) is 19.2 Å². The van der Waals surface area contributed by atoms with Crippen molar-refractivity contribution in [3.63, 3.8) is 0 Å². The number of esters is 2. The van der Waals surface area contributed by atoms with Crippen molar-refractivity contribution in [2.24, 2.45) is 5.41 Å². The Bertz CT molecular complexity index is 1180. The maximum absolute atomic E-state index is 12.7. The highest BCUT2D eigenvalue weighted by Crippen LogP contribution is 2.44. The third kappa shape index (κ3) is 8.56. The van der Waals surface area contributed by atoms with E-state index in [0.29, 0.717) is 19.4 Å². The van der Waals surface area contributed by atoms with Gasteiger partial charge in [-0.2, -0.15) is 0 Å². The van der Waals surface area contributed by atoms with Crippen molar-refractivity contribution in [1.29, 1.82) is 0 Å². The first-order valence-corrected chi connectivity index (χ1v) is 13.6. The molecule has 0 heterocycles. The molecule has 0 radical (unpaired) electrons. The van der Waals surface area contributed by atoms with Crippen LogP contribution in [0.4, 0.5) is 9.59 Å². The lowest BCUT2D eigenvalue weighted by atomic mass is 9.97. The van der Waals surface area contributed by atoms with Crippen LogP contribution in [0.3, 0.4) is 0 Å². The van der Waals surface area contributed by atoms with Gasteiger partial charge >= 0.3 is 24.1 Å². The predicted octanol–water partition coefficient (Wildman–Crippen LogP) is 5.70. The van der Waals surface area contributed by atoms with E-state index in [4.69, 9.17) is 14.2 Å². The molecule has 216 valence electrons. The van der Waals surface area contributed by atoms with Crippen LogP contribution in [0.15, 0.2) is 48.5 Å². The number of hydrogen-bond donors (Lipinski definition) is 2. The summed E-state index contributed by atoms with van der Waals surface area (Å²) in [5, 5.41) is 5.24. The van der Waals surface area contributed by atoms with Crippen LogP contribution in [-0.4, -0.2) is 48.9 Å². The van der Waals surface area contributed by atoms with Crippen molar-refractivity contribution in [3.05, 3.63) is 59.7 Å². The quantitative estimate of drug-likeness (QED) is 0.177. The van der Waals surface area contributed by atoms with Gasteiger partial charge in [-0.25, -0.2) is 14.4 Å². The molecule has 0 fully saturated rings. The van der Waals surface area contributed by atoms with Crippen molar-refractivity contribution in [2.75, 3.05) is 13.2 Å². The SMILES string of the molecule is CC(C)(C)OC(=O)NC(CCCCNC(=O)OCC1c2ccccc2-c2ccccc21)C(=O)OC(=O)C(C)(C)C. The predicted molar refractivity (Wildman–Crippen MR) is 151 cm³/mol.